The van der Waals surface area contributed by atoms with Crippen molar-refractivity contribution in [3.63, 3.8) is 0 Å². The number of carbonyl (C=O) groups excluding carboxylic acids is 1. The maximum atomic E-state index is 13.0. The van der Waals surface area contributed by atoms with Crippen LogP contribution < -0.4 is 9.47 Å². The maximum Gasteiger partial charge on any atom is 0.275 e. The van der Waals surface area contributed by atoms with Gasteiger partial charge in [-0.25, -0.2) is 0 Å². The average Bonchev–Trinajstić information content (AvgIpc) is 3.16. The molecule has 0 radical (unpaired) electrons. The number of rotatable bonds is 5. The predicted octanol–water partition coefficient (Wildman–Crippen LogP) is 3.50. The fourth-order valence-electron chi connectivity index (χ4n) is 3.57. The van der Waals surface area contributed by atoms with E-state index in [4.69, 9.17) is 9.47 Å². The highest BCUT2D eigenvalue weighted by Gasteiger charge is 2.27. The zero-order chi connectivity index (χ0) is 18.6. The van der Waals surface area contributed by atoms with Crippen LogP contribution in [0.4, 0.5) is 0 Å². The molecule has 0 spiro atoms. The topological polar surface area (TPSA) is 67.5 Å². The van der Waals surface area contributed by atoms with E-state index in [9.17, 15) is 4.79 Å². The van der Waals surface area contributed by atoms with Gasteiger partial charge in [0.15, 0.2) is 5.69 Å². The highest BCUT2D eigenvalue weighted by atomic mass is 16.5. The third-order valence-corrected chi connectivity index (χ3v) is 5.01. The van der Waals surface area contributed by atoms with E-state index in [1.165, 1.54) is 0 Å². The standard InChI is InChI=1S/C21H23N3O3/c1-26-16-7-4-8-17(12-16)27-14-15-6-5-11-24(13-15)21(25)20-18-9-2-3-10-19(18)22-23-20/h2-4,7-10,12,15H,5-6,11,13-14H2,1H3,(H,22,23)/t15-/m1/s1. The zero-order valence-corrected chi connectivity index (χ0v) is 15.4. The number of likely N-dealkylation sites (tertiary alicyclic amines) is 1. The lowest BCUT2D eigenvalue weighted by Gasteiger charge is -2.32. The van der Waals surface area contributed by atoms with Gasteiger partial charge < -0.3 is 14.4 Å². The molecule has 0 unspecified atom stereocenters. The summed E-state index contributed by atoms with van der Waals surface area (Å²) in [5.74, 6) is 1.85. The van der Waals surface area contributed by atoms with Crippen molar-refractivity contribution in [2.45, 2.75) is 12.8 Å². The minimum Gasteiger partial charge on any atom is -0.497 e. The number of hydrogen-bond acceptors (Lipinski definition) is 4. The number of ether oxygens (including phenoxy) is 2. The molecule has 3 aromatic rings. The molecule has 1 atom stereocenters. The monoisotopic (exact) mass is 365 g/mol. The normalized spacial score (nSPS) is 17.1. The number of para-hydroxylation sites is 1. The third kappa shape index (κ3) is 3.74. The number of H-pyrrole nitrogens is 1. The number of benzene rings is 2. The second-order valence-corrected chi connectivity index (χ2v) is 6.87. The summed E-state index contributed by atoms with van der Waals surface area (Å²) in [5.41, 5.74) is 1.38. The van der Waals surface area contributed by atoms with Crippen molar-refractivity contribution in [1.29, 1.82) is 0 Å². The van der Waals surface area contributed by atoms with Crippen LogP contribution in [0.5, 0.6) is 11.5 Å². The Morgan fingerprint density at radius 1 is 1.22 bits per heavy atom. The van der Waals surface area contributed by atoms with Gasteiger partial charge in [0.05, 0.1) is 19.2 Å². The number of aromatic nitrogens is 2. The Morgan fingerprint density at radius 2 is 2.07 bits per heavy atom. The predicted molar refractivity (Wildman–Crippen MR) is 103 cm³/mol. The number of fused-ring (bicyclic) bond motifs is 1. The Kier molecular flexibility index (Phi) is 4.96. The van der Waals surface area contributed by atoms with Crippen LogP contribution >= 0.6 is 0 Å². The van der Waals surface area contributed by atoms with Crippen molar-refractivity contribution in [3.8, 4) is 11.5 Å². The summed E-state index contributed by atoms with van der Waals surface area (Å²) in [6, 6.07) is 15.3. The lowest BCUT2D eigenvalue weighted by molar-refractivity contribution is 0.0629. The number of nitrogens with zero attached hydrogens (tertiary/aromatic N) is 2. The largest absolute Gasteiger partial charge is 0.497 e. The molecule has 1 saturated heterocycles. The first kappa shape index (κ1) is 17.4. The van der Waals surface area contributed by atoms with Gasteiger partial charge in [-0.2, -0.15) is 5.10 Å². The van der Waals surface area contributed by atoms with E-state index in [2.05, 4.69) is 10.2 Å². The van der Waals surface area contributed by atoms with Gasteiger partial charge in [-0.3, -0.25) is 9.89 Å². The molecule has 0 saturated carbocycles. The van der Waals surface area contributed by atoms with E-state index in [0.29, 0.717) is 24.8 Å². The number of methoxy groups -OCH3 is 1. The van der Waals surface area contributed by atoms with Crippen molar-refractivity contribution in [1.82, 2.24) is 15.1 Å². The fraction of sp³-hybridized carbons (Fsp3) is 0.333. The highest BCUT2D eigenvalue weighted by molar-refractivity contribution is 6.04. The van der Waals surface area contributed by atoms with Crippen LogP contribution in [0.3, 0.4) is 0 Å². The van der Waals surface area contributed by atoms with Crippen LogP contribution in [0.2, 0.25) is 0 Å². The van der Waals surface area contributed by atoms with E-state index in [-0.39, 0.29) is 5.91 Å². The maximum absolute atomic E-state index is 13.0. The van der Waals surface area contributed by atoms with Crippen molar-refractivity contribution in [2.75, 3.05) is 26.8 Å². The third-order valence-electron chi connectivity index (χ3n) is 5.01. The van der Waals surface area contributed by atoms with E-state index in [1.807, 2.05) is 53.4 Å². The molecule has 27 heavy (non-hydrogen) atoms. The lowest BCUT2D eigenvalue weighted by Crippen LogP contribution is -2.41. The Bertz CT molecular complexity index is 937. The minimum atomic E-state index is -0.0152. The van der Waals surface area contributed by atoms with Gasteiger partial charge >= 0.3 is 0 Å². The Balaban J connectivity index is 1.41. The van der Waals surface area contributed by atoms with Gasteiger partial charge in [0, 0.05) is 30.5 Å². The number of piperidine rings is 1. The average molecular weight is 365 g/mol. The number of hydrogen-bond donors (Lipinski definition) is 1. The fourth-order valence-corrected chi connectivity index (χ4v) is 3.57. The van der Waals surface area contributed by atoms with E-state index in [0.717, 1.165) is 41.8 Å². The molecule has 1 aliphatic heterocycles. The smallest absolute Gasteiger partial charge is 0.275 e. The van der Waals surface area contributed by atoms with Gasteiger partial charge in [0.25, 0.3) is 5.91 Å². The first-order valence-electron chi connectivity index (χ1n) is 9.24. The summed E-state index contributed by atoms with van der Waals surface area (Å²) in [4.78, 5) is 14.9. The Morgan fingerprint density at radius 3 is 2.96 bits per heavy atom. The zero-order valence-electron chi connectivity index (χ0n) is 15.4. The molecule has 0 bridgehead atoms. The molecule has 1 fully saturated rings. The number of nitrogens with one attached hydrogen (secondary N) is 1. The summed E-state index contributed by atoms with van der Waals surface area (Å²) >= 11 is 0. The summed E-state index contributed by atoms with van der Waals surface area (Å²) in [6.45, 7) is 2.03. The quantitative estimate of drug-likeness (QED) is 0.751. The second kappa shape index (κ2) is 7.70. The van der Waals surface area contributed by atoms with Crippen molar-refractivity contribution in [3.05, 3.63) is 54.2 Å². The second-order valence-electron chi connectivity index (χ2n) is 6.87. The molecular formula is C21H23N3O3. The van der Waals surface area contributed by atoms with Crippen molar-refractivity contribution < 1.29 is 14.3 Å². The van der Waals surface area contributed by atoms with Crippen LogP contribution in [0, 0.1) is 5.92 Å². The van der Waals surface area contributed by atoms with Crippen LogP contribution in [0.25, 0.3) is 10.9 Å². The number of amides is 1. The molecule has 1 N–H and O–H groups in total. The van der Waals surface area contributed by atoms with Crippen LogP contribution in [0.1, 0.15) is 23.3 Å². The highest BCUT2D eigenvalue weighted by Crippen LogP contribution is 2.24. The number of aromatic amines is 1. The van der Waals surface area contributed by atoms with Crippen molar-refractivity contribution >= 4 is 16.8 Å². The van der Waals surface area contributed by atoms with Gasteiger partial charge in [-0.1, -0.05) is 24.3 Å². The van der Waals surface area contributed by atoms with Gasteiger partial charge in [0.1, 0.15) is 11.5 Å². The summed E-state index contributed by atoms with van der Waals surface area (Å²) in [5, 5.41) is 8.06. The molecular weight excluding hydrogens is 342 g/mol. The molecule has 1 amide bonds. The molecule has 1 aliphatic rings. The van der Waals surface area contributed by atoms with Crippen LogP contribution in [-0.4, -0.2) is 47.8 Å². The molecule has 6 heteroatoms. The molecule has 2 heterocycles. The molecule has 4 rings (SSSR count). The Labute approximate surface area is 158 Å². The van der Waals surface area contributed by atoms with Crippen LogP contribution in [-0.2, 0) is 0 Å². The number of carbonyl (C=O) groups is 1. The summed E-state index contributed by atoms with van der Waals surface area (Å²) < 4.78 is 11.2. The summed E-state index contributed by atoms with van der Waals surface area (Å²) in [6.07, 6.45) is 2.02. The van der Waals surface area contributed by atoms with Gasteiger partial charge in [-0.15, -0.1) is 0 Å². The van der Waals surface area contributed by atoms with Gasteiger partial charge in [0.2, 0.25) is 0 Å². The molecule has 1 aromatic heterocycles. The van der Waals surface area contributed by atoms with Crippen LogP contribution in [0.15, 0.2) is 48.5 Å². The van der Waals surface area contributed by atoms with E-state index in [1.54, 1.807) is 7.11 Å². The van der Waals surface area contributed by atoms with Gasteiger partial charge in [-0.05, 0) is 31.0 Å². The van der Waals surface area contributed by atoms with E-state index >= 15 is 0 Å². The minimum absolute atomic E-state index is 0.0152. The molecule has 2 aromatic carbocycles. The molecule has 6 nitrogen and oxygen atoms in total. The van der Waals surface area contributed by atoms with Crippen molar-refractivity contribution in [2.24, 2.45) is 5.92 Å². The summed E-state index contributed by atoms with van der Waals surface area (Å²) in [7, 11) is 1.64. The van der Waals surface area contributed by atoms with E-state index < -0.39 is 0 Å². The molecule has 0 aliphatic carbocycles. The molecule has 140 valence electrons. The first-order valence-corrected chi connectivity index (χ1v) is 9.24. The first-order chi connectivity index (χ1) is 13.2. The lowest BCUT2D eigenvalue weighted by atomic mass is 9.98. The SMILES string of the molecule is COc1cccc(OC[C@@H]2CCCN(C(=O)c3n[nH]c4ccccc34)C2)c1. The Hall–Kier alpha value is -3.02.